The minimum absolute atomic E-state index is 0.406. The molecule has 2 rings (SSSR count). The second-order valence-electron chi connectivity index (χ2n) is 4.73. The fourth-order valence-electron chi connectivity index (χ4n) is 2.20. The van der Waals surface area contributed by atoms with Gasteiger partial charge in [0.15, 0.2) is 0 Å². The average Bonchev–Trinajstić information content (AvgIpc) is 2.46. The molecule has 0 aliphatic carbocycles. The summed E-state index contributed by atoms with van der Waals surface area (Å²) in [5.41, 5.74) is 2.47. The first-order valence-corrected chi connectivity index (χ1v) is 7.92. The topological polar surface area (TPSA) is 24.9 Å². The SMILES string of the molecule is CCNCC(Cc1ccncc1Cl)c1ccc(Br)cc1. The molecule has 4 heteroatoms. The maximum absolute atomic E-state index is 6.22. The van der Waals surface area contributed by atoms with E-state index in [4.69, 9.17) is 11.6 Å². The molecule has 0 amide bonds. The van der Waals surface area contributed by atoms with Gasteiger partial charge in [-0.15, -0.1) is 0 Å². The van der Waals surface area contributed by atoms with Crippen LogP contribution in [0.5, 0.6) is 0 Å². The molecule has 2 nitrogen and oxygen atoms in total. The van der Waals surface area contributed by atoms with Gasteiger partial charge < -0.3 is 5.32 Å². The Morgan fingerprint density at radius 3 is 2.65 bits per heavy atom. The Bertz CT molecular complexity index is 542. The first-order chi connectivity index (χ1) is 9.70. The number of aromatic nitrogens is 1. The fourth-order valence-corrected chi connectivity index (χ4v) is 2.66. The van der Waals surface area contributed by atoms with Gasteiger partial charge in [-0.25, -0.2) is 0 Å². The minimum atomic E-state index is 0.406. The van der Waals surface area contributed by atoms with Gasteiger partial charge >= 0.3 is 0 Å². The quantitative estimate of drug-likeness (QED) is 0.831. The zero-order chi connectivity index (χ0) is 14.4. The molecule has 0 aliphatic heterocycles. The van der Waals surface area contributed by atoms with Crippen LogP contribution in [0.25, 0.3) is 0 Å². The van der Waals surface area contributed by atoms with Gasteiger partial charge in [0, 0.05) is 29.3 Å². The van der Waals surface area contributed by atoms with Crippen LogP contribution in [0.15, 0.2) is 47.2 Å². The summed E-state index contributed by atoms with van der Waals surface area (Å²) in [6.07, 6.45) is 4.42. The van der Waals surface area contributed by atoms with Crippen LogP contribution in [-0.4, -0.2) is 18.1 Å². The highest BCUT2D eigenvalue weighted by Gasteiger charge is 2.13. The first kappa shape index (κ1) is 15.5. The third-order valence-corrected chi connectivity index (χ3v) is 4.17. The van der Waals surface area contributed by atoms with E-state index in [1.165, 1.54) is 5.56 Å². The number of hydrogen-bond acceptors (Lipinski definition) is 2. The number of nitrogens with one attached hydrogen (secondary N) is 1. The van der Waals surface area contributed by atoms with Crippen molar-refractivity contribution in [2.45, 2.75) is 19.3 Å². The van der Waals surface area contributed by atoms with Crippen LogP contribution >= 0.6 is 27.5 Å². The Labute approximate surface area is 133 Å². The number of nitrogens with zero attached hydrogens (tertiary/aromatic N) is 1. The molecule has 1 aromatic heterocycles. The molecule has 2 aromatic rings. The molecule has 0 spiro atoms. The summed E-state index contributed by atoms with van der Waals surface area (Å²) in [5.74, 6) is 0.406. The lowest BCUT2D eigenvalue weighted by Crippen LogP contribution is -2.22. The number of halogens is 2. The Hall–Kier alpha value is -0.900. The maximum Gasteiger partial charge on any atom is 0.0621 e. The molecular weight excluding hydrogens is 336 g/mol. The standard InChI is InChI=1S/C16H18BrClN2/c1-2-19-10-14(12-3-5-15(17)6-4-12)9-13-7-8-20-11-16(13)18/h3-8,11,14,19H,2,9-10H2,1H3. The number of hydrogen-bond donors (Lipinski definition) is 1. The van der Waals surface area contributed by atoms with E-state index >= 15 is 0 Å². The average molecular weight is 354 g/mol. The summed E-state index contributed by atoms with van der Waals surface area (Å²) in [4.78, 5) is 4.04. The van der Waals surface area contributed by atoms with E-state index < -0.39 is 0 Å². The lowest BCUT2D eigenvalue weighted by Gasteiger charge is -2.18. The molecule has 0 radical (unpaired) electrons. The van der Waals surface area contributed by atoms with Gasteiger partial charge in [0.25, 0.3) is 0 Å². The molecule has 20 heavy (non-hydrogen) atoms. The Balaban J connectivity index is 2.19. The zero-order valence-electron chi connectivity index (χ0n) is 11.4. The van der Waals surface area contributed by atoms with E-state index in [0.717, 1.165) is 34.6 Å². The maximum atomic E-state index is 6.22. The van der Waals surface area contributed by atoms with E-state index in [1.807, 2.05) is 6.07 Å². The monoisotopic (exact) mass is 352 g/mol. The summed E-state index contributed by atoms with van der Waals surface area (Å²) in [6.45, 7) is 4.03. The Morgan fingerprint density at radius 2 is 2.00 bits per heavy atom. The van der Waals surface area contributed by atoms with Crippen molar-refractivity contribution >= 4 is 27.5 Å². The lowest BCUT2D eigenvalue weighted by atomic mass is 9.92. The van der Waals surface area contributed by atoms with Crippen molar-refractivity contribution in [1.82, 2.24) is 10.3 Å². The molecule has 0 saturated carbocycles. The van der Waals surface area contributed by atoms with Gasteiger partial charge in [-0.1, -0.05) is 46.6 Å². The molecule has 0 aliphatic rings. The van der Waals surface area contributed by atoms with Crippen molar-refractivity contribution in [1.29, 1.82) is 0 Å². The molecule has 1 atom stereocenters. The smallest absolute Gasteiger partial charge is 0.0621 e. The van der Waals surface area contributed by atoms with Gasteiger partial charge in [0.05, 0.1) is 5.02 Å². The molecule has 1 unspecified atom stereocenters. The highest BCUT2D eigenvalue weighted by Crippen LogP contribution is 2.25. The van der Waals surface area contributed by atoms with Crippen LogP contribution in [-0.2, 0) is 6.42 Å². The van der Waals surface area contributed by atoms with Gasteiger partial charge in [0.1, 0.15) is 0 Å². The molecule has 1 aromatic carbocycles. The van der Waals surface area contributed by atoms with Crippen LogP contribution in [0.4, 0.5) is 0 Å². The number of rotatable bonds is 6. The van der Waals surface area contributed by atoms with E-state index in [1.54, 1.807) is 12.4 Å². The van der Waals surface area contributed by atoms with E-state index in [-0.39, 0.29) is 0 Å². The predicted octanol–water partition coefficient (Wildman–Crippen LogP) is 4.43. The van der Waals surface area contributed by atoms with Crippen molar-refractivity contribution < 1.29 is 0 Å². The second-order valence-corrected chi connectivity index (χ2v) is 6.05. The summed E-state index contributed by atoms with van der Waals surface area (Å²) >= 11 is 9.71. The summed E-state index contributed by atoms with van der Waals surface area (Å²) in [5, 5.41) is 4.17. The van der Waals surface area contributed by atoms with Crippen LogP contribution in [0.2, 0.25) is 5.02 Å². The summed E-state index contributed by atoms with van der Waals surface area (Å²) in [7, 11) is 0. The highest BCUT2D eigenvalue weighted by molar-refractivity contribution is 9.10. The Kier molecular flexibility index (Phi) is 6.02. The van der Waals surface area contributed by atoms with E-state index in [0.29, 0.717) is 5.92 Å². The lowest BCUT2D eigenvalue weighted by molar-refractivity contribution is 0.595. The third-order valence-electron chi connectivity index (χ3n) is 3.30. The number of benzene rings is 1. The van der Waals surface area contributed by atoms with Gasteiger partial charge in [0.2, 0.25) is 0 Å². The normalized spacial score (nSPS) is 12.3. The van der Waals surface area contributed by atoms with Crippen LogP contribution in [0.3, 0.4) is 0 Å². The van der Waals surface area contributed by atoms with Crippen molar-refractivity contribution in [3.8, 4) is 0 Å². The largest absolute Gasteiger partial charge is 0.316 e. The van der Waals surface area contributed by atoms with E-state index in [2.05, 4.69) is 57.4 Å². The van der Waals surface area contributed by atoms with Crippen molar-refractivity contribution in [2.24, 2.45) is 0 Å². The van der Waals surface area contributed by atoms with E-state index in [9.17, 15) is 0 Å². The van der Waals surface area contributed by atoms with Crippen LogP contribution in [0.1, 0.15) is 24.0 Å². The third kappa shape index (κ3) is 4.30. The van der Waals surface area contributed by atoms with Gasteiger partial charge in [-0.2, -0.15) is 0 Å². The molecule has 106 valence electrons. The van der Waals surface area contributed by atoms with Crippen LogP contribution in [0, 0.1) is 0 Å². The molecule has 0 saturated heterocycles. The van der Waals surface area contributed by atoms with Gasteiger partial charge in [-0.05, 0) is 42.3 Å². The molecule has 1 N–H and O–H groups in total. The first-order valence-electron chi connectivity index (χ1n) is 6.75. The summed E-state index contributed by atoms with van der Waals surface area (Å²) < 4.78 is 1.10. The highest BCUT2D eigenvalue weighted by atomic mass is 79.9. The molecule has 1 heterocycles. The zero-order valence-corrected chi connectivity index (χ0v) is 13.8. The van der Waals surface area contributed by atoms with Crippen molar-refractivity contribution in [3.05, 3.63) is 63.3 Å². The predicted molar refractivity (Wildman–Crippen MR) is 88.4 cm³/mol. The number of pyridine rings is 1. The molecular formula is C16H18BrClN2. The van der Waals surface area contributed by atoms with Gasteiger partial charge in [-0.3, -0.25) is 4.98 Å². The summed E-state index contributed by atoms with van der Waals surface area (Å²) in [6, 6.07) is 10.5. The molecule has 0 fully saturated rings. The Morgan fingerprint density at radius 1 is 1.25 bits per heavy atom. The minimum Gasteiger partial charge on any atom is -0.316 e. The fraction of sp³-hybridized carbons (Fsp3) is 0.312. The van der Waals surface area contributed by atoms with Crippen molar-refractivity contribution in [3.63, 3.8) is 0 Å². The van der Waals surface area contributed by atoms with Crippen molar-refractivity contribution in [2.75, 3.05) is 13.1 Å². The number of likely N-dealkylation sites (N-methyl/N-ethyl adjacent to an activating group) is 1. The second kappa shape index (κ2) is 7.77. The molecule has 0 bridgehead atoms. The van der Waals surface area contributed by atoms with Crippen LogP contribution < -0.4 is 5.32 Å².